The van der Waals surface area contributed by atoms with E-state index in [9.17, 15) is 9.59 Å². The van der Waals surface area contributed by atoms with E-state index in [1.807, 2.05) is 0 Å². The molecule has 0 amide bonds. The molecular weight excluding hydrogens is 336 g/mol. The summed E-state index contributed by atoms with van der Waals surface area (Å²) in [7, 11) is 1.58. The minimum absolute atomic E-state index is 0.387. The highest BCUT2D eigenvalue weighted by Crippen LogP contribution is 2.17. The molecule has 0 bridgehead atoms. The van der Waals surface area contributed by atoms with Crippen LogP contribution in [-0.2, 0) is 13.6 Å². The number of hydrogen-bond acceptors (Lipinski definition) is 3. The van der Waals surface area contributed by atoms with E-state index in [0.29, 0.717) is 28.3 Å². The SMILES string of the molecule is Cn1c(=O)[nH]c(=O)c2c1nc(Br)n2CCCCCCl. The third-order valence-electron chi connectivity index (χ3n) is 2.98. The lowest BCUT2D eigenvalue weighted by Crippen LogP contribution is -2.29. The van der Waals surface area contributed by atoms with Gasteiger partial charge in [0.25, 0.3) is 5.56 Å². The number of aromatic nitrogens is 4. The highest BCUT2D eigenvalue weighted by Gasteiger charge is 2.15. The number of nitrogens with one attached hydrogen (secondary N) is 1. The Balaban J connectivity index is 2.44. The zero-order valence-corrected chi connectivity index (χ0v) is 12.8. The fourth-order valence-corrected chi connectivity index (χ4v) is 2.66. The molecule has 1 N–H and O–H groups in total. The first-order chi connectivity index (χ1) is 9.06. The van der Waals surface area contributed by atoms with Crippen LogP contribution < -0.4 is 11.2 Å². The van der Waals surface area contributed by atoms with Crippen molar-refractivity contribution >= 4 is 38.7 Å². The van der Waals surface area contributed by atoms with Gasteiger partial charge in [-0.1, -0.05) is 6.42 Å². The molecule has 2 aromatic rings. The van der Waals surface area contributed by atoms with Gasteiger partial charge in [0.05, 0.1) is 0 Å². The quantitative estimate of drug-likeness (QED) is 0.506. The highest BCUT2D eigenvalue weighted by molar-refractivity contribution is 9.10. The molecule has 0 aromatic carbocycles. The lowest BCUT2D eigenvalue weighted by Gasteiger charge is -2.05. The van der Waals surface area contributed by atoms with E-state index in [1.165, 1.54) is 4.57 Å². The van der Waals surface area contributed by atoms with Gasteiger partial charge in [-0.25, -0.2) is 9.78 Å². The van der Waals surface area contributed by atoms with Crippen LogP contribution in [0.1, 0.15) is 19.3 Å². The third-order valence-corrected chi connectivity index (χ3v) is 3.85. The van der Waals surface area contributed by atoms with Crippen molar-refractivity contribution in [3.8, 4) is 0 Å². The fraction of sp³-hybridized carbons (Fsp3) is 0.545. The monoisotopic (exact) mass is 348 g/mol. The predicted octanol–water partition coefficient (Wildman–Crippen LogP) is 1.59. The van der Waals surface area contributed by atoms with Crippen LogP contribution in [-0.4, -0.2) is 25.0 Å². The Morgan fingerprint density at radius 3 is 2.74 bits per heavy atom. The molecule has 2 aromatic heterocycles. The molecule has 2 rings (SSSR count). The lowest BCUT2D eigenvalue weighted by molar-refractivity contribution is 0.605. The van der Waals surface area contributed by atoms with Gasteiger partial charge in [-0.3, -0.25) is 14.3 Å². The van der Waals surface area contributed by atoms with Crippen molar-refractivity contribution < 1.29 is 0 Å². The number of aryl methyl sites for hydroxylation is 2. The van der Waals surface area contributed by atoms with Crippen molar-refractivity contribution in [2.75, 3.05) is 5.88 Å². The van der Waals surface area contributed by atoms with Crippen molar-refractivity contribution in [3.63, 3.8) is 0 Å². The number of nitrogens with zero attached hydrogens (tertiary/aromatic N) is 3. The maximum absolute atomic E-state index is 11.9. The Morgan fingerprint density at radius 2 is 2.05 bits per heavy atom. The Hall–Kier alpha value is -1.08. The summed E-state index contributed by atoms with van der Waals surface area (Å²) in [5.41, 5.74) is -0.0664. The number of unbranched alkanes of at least 4 members (excludes halogenated alkanes) is 2. The Bertz CT molecular complexity index is 703. The van der Waals surface area contributed by atoms with Crippen molar-refractivity contribution in [3.05, 3.63) is 25.6 Å². The molecule has 6 nitrogen and oxygen atoms in total. The van der Waals surface area contributed by atoms with E-state index in [4.69, 9.17) is 11.6 Å². The number of alkyl halides is 1. The van der Waals surface area contributed by atoms with Gasteiger partial charge in [-0.05, 0) is 28.8 Å². The van der Waals surface area contributed by atoms with Crippen LogP contribution in [0, 0.1) is 0 Å². The largest absolute Gasteiger partial charge is 0.329 e. The number of halogens is 2. The highest BCUT2D eigenvalue weighted by atomic mass is 79.9. The van der Waals surface area contributed by atoms with Gasteiger partial charge >= 0.3 is 5.69 Å². The molecule has 0 saturated heterocycles. The van der Waals surface area contributed by atoms with E-state index in [1.54, 1.807) is 11.6 Å². The van der Waals surface area contributed by atoms with Crippen molar-refractivity contribution in [2.24, 2.45) is 7.05 Å². The molecule has 0 aliphatic carbocycles. The number of aromatic amines is 1. The molecule has 0 radical (unpaired) electrons. The molecule has 0 spiro atoms. The van der Waals surface area contributed by atoms with Crippen LogP contribution in [0.4, 0.5) is 0 Å². The van der Waals surface area contributed by atoms with Gasteiger partial charge in [0.15, 0.2) is 15.9 Å². The lowest BCUT2D eigenvalue weighted by atomic mass is 10.2. The van der Waals surface area contributed by atoms with Gasteiger partial charge in [0.1, 0.15) is 0 Å². The molecule has 19 heavy (non-hydrogen) atoms. The first kappa shape index (κ1) is 14.3. The van der Waals surface area contributed by atoms with E-state index in [0.717, 1.165) is 19.3 Å². The van der Waals surface area contributed by atoms with E-state index in [-0.39, 0.29) is 0 Å². The normalized spacial score (nSPS) is 11.3. The average molecular weight is 350 g/mol. The summed E-state index contributed by atoms with van der Waals surface area (Å²) >= 11 is 8.96. The second-order valence-corrected chi connectivity index (χ2v) is 5.36. The molecule has 0 aliphatic heterocycles. The second kappa shape index (κ2) is 5.92. The van der Waals surface area contributed by atoms with Crippen molar-refractivity contribution in [2.45, 2.75) is 25.8 Å². The molecule has 0 fully saturated rings. The van der Waals surface area contributed by atoms with Crippen LogP contribution in [0.25, 0.3) is 11.2 Å². The Labute approximate surface area is 122 Å². The third kappa shape index (κ3) is 2.76. The second-order valence-electron chi connectivity index (χ2n) is 4.27. The molecule has 0 aliphatic rings. The summed E-state index contributed by atoms with van der Waals surface area (Å²) in [6.07, 6.45) is 2.83. The number of imidazole rings is 1. The molecule has 0 saturated carbocycles. The first-order valence-electron chi connectivity index (χ1n) is 5.97. The van der Waals surface area contributed by atoms with Crippen LogP contribution in [0.5, 0.6) is 0 Å². The smallest absolute Gasteiger partial charge is 0.313 e. The summed E-state index contributed by atoms with van der Waals surface area (Å²) in [6.45, 7) is 0.662. The van der Waals surface area contributed by atoms with E-state index in [2.05, 4.69) is 25.9 Å². The zero-order chi connectivity index (χ0) is 14.0. The van der Waals surface area contributed by atoms with E-state index >= 15 is 0 Å². The van der Waals surface area contributed by atoms with Crippen LogP contribution in [0.2, 0.25) is 0 Å². The number of fused-ring (bicyclic) bond motifs is 1. The van der Waals surface area contributed by atoms with Crippen molar-refractivity contribution in [1.82, 2.24) is 19.1 Å². The molecule has 2 heterocycles. The summed E-state index contributed by atoms with van der Waals surface area (Å²) in [5, 5.41) is 0. The zero-order valence-electron chi connectivity index (χ0n) is 10.4. The minimum Gasteiger partial charge on any atom is -0.313 e. The number of hydrogen-bond donors (Lipinski definition) is 1. The number of rotatable bonds is 5. The van der Waals surface area contributed by atoms with Crippen LogP contribution >= 0.6 is 27.5 Å². The topological polar surface area (TPSA) is 72.7 Å². The summed E-state index contributed by atoms with van der Waals surface area (Å²) in [4.78, 5) is 29.9. The Kier molecular flexibility index (Phi) is 4.46. The minimum atomic E-state index is -0.461. The Morgan fingerprint density at radius 1 is 1.32 bits per heavy atom. The van der Waals surface area contributed by atoms with Crippen LogP contribution in [0.15, 0.2) is 14.3 Å². The maximum atomic E-state index is 11.9. The predicted molar refractivity (Wildman–Crippen MR) is 77.9 cm³/mol. The molecule has 0 atom stereocenters. The average Bonchev–Trinajstić information content (AvgIpc) is 2.70. The number of H-pyrrole nitrogens is 1. The van der Waals surface area contributed by atoms with Gasteiger partial charge < -0.3 is 4.57 Å². The van der Waals surface area contributed by atoms with Gasteiger partial charge in [-0.2, -0.15) is 0 Å². The van der Waals surface area contributed by atoms with Crippen LogP contribution in [0.3, 0.4) is 0 Å². The molecule has 0 unspecified atom stereocenters. The van der Waals surface area contributed by atoms with Gasteiger partial charge in [-0.15, -0.1) is 11.6 Å². The molecule has 104 valence electrons. The van der Waals surface area contributed by atoms with Gasteiger partial charge in [0.2, 0.25) is 0 Å². The van der Waals surface area contributed by atoms with Crippen molar-refractivity contribution in [1.29, 1.82) is 0 Å². The van der Waals surface area contributed by atoms with E-state index < -0.39 is 11.2 Å². The summed E-state index contributed by atoms with van der Waals surface area (Å²) in [6, 6.07) is 0. The first-order valence-corrected chi connectivity index (χ1v) is 7.30. The molecular formula is C11H14BrClN4O2. The summed E-state index contributed by atoms with van der Waals surface area (Å²) in [5.74, 6) is 0.640. The fourth-order valence-electron chi connectivity index (χ4n) is 1.95. The summed E-state index contributed by atoms with van der Waals surface area (Å²) < 4.78 is 3.67. The van der Waals surface area contributed by atoms with Gasteiger partial charge in [0, 0.05) is 19.5 Å². The maximum Gasteiger partial charge on any atom is 0.329 e. The molecule has 8 heteroatoms. The standard InChI is InChI=1S/C11H14BrClN4O2/c1-16-8-7(9(18)15-11(16)19)17(10(12)14-8)6-4-2-3-5-13/h2-6H2,1H3,(H,15,18,19).